The van der Waals surface area contributed by atoms with E-state index in [-0.39, 0.29) is 17.9 Å². The summed E-state index contributed by atoms with van der Waals surface area (Å²) >= 11 is 0. The molecule has 7 heteroatoms. The van der Waals surface area contributed by atoms with Gasteiger partial charge in [0.25, 0.3) is 5.91 Å². The Morgan fingerprint density at radius 2 is 1.67 bits per heavy atom. The first-order valence-electron chi connectivity index (χ1n) is 9.74. The molecule has 0 radical (unpaired) electrons. The molecule has 2 aliphatic rings. The lowest BCUT2D eigenvalue weighted by molar-refractivity contribution is -0.128. The average Bonchev–Trinajstić information content (AvgIpc) is 3.41. The van der Waals surface area contributed by atoms with Gasteiger partial charge in [-0.15, -0.1) is 0 Å². The number of amides is 2. The summed E-state index contributed by atoms with van der Waals surface area (Å²) in [6, 6.07) is 3.55. The van der Waals surface area contributed by atoms with Gasteiger partial charge in [-0.05, 0) is 45.7 Å². The first-order valence-corrected chi connectivity index (χ1v) is 9.74. The molecule has 1 heterocycles. The van der Waals surface area contributed by atoms with E-state index in [1.54, 1.807) is 12.1 Å². The molecular weight excluding hydrogens is 348 g/mol. The van der Waals surface area contributed by atoms with E-state index in [9.17, 15) is 9.59 Å². The third-order valence-corrected chi connectivity index (χ3v) is 4.65. The molecule has 1 aliphatic carbocycles. The molecule has 1 unspecified atom stereocenters. The minimum atomic E-state index is -0.240. The van der Waals surface area contributed by atoms with Crippen LogP contribution in [-0.2, 0) is 4.79 Å². The summed E-state index contributed by atoms with van der Waals surface area (Å²) in [7, 11) is 0. The highest BCUT2D eigenvalue weighted by atomic mass is 16.5. The van der Waals surface area contributed by atoms with Crippen LogP contribution in [0.5, 0.6) is 17.2 Å². The van der Waals surface area contributed by atoms with Crippen LogP contribution in [0.2, 0.25) is 0 Å². The Morgan fingerprint density at radius 3 is 2.19 bits per heavy atom. The summed E-state index contributed by atoms with van der Waals surface area (Å²) in [5, 5.41) is 2.97. The fraction of sp³-hybridized carbons (Fsp3) is 0.600. The lowest BCUT2D eigenvalue weighted by atomic mass is 10.1. The normalized spacial score (nSPS) is 19.1. The molecule has 1 aromatic carbocycles. The van der Waals surface area contributed by atoms with Gasteiger partial charge in [-0.25, -0.2) is 0 Å². The van der Waals surface area contributed by atoms with E-state index in [0.29, 0.717) is 61.6 Å². The van der Waals surface area contributed by atoms with Crippen LogP contribution < -0.4 is 19.5 Å². The van der Waals surface area contributed by atoms with Gasteiger partial charge in [-0.2, -0.15) is 0 Å². The van der Waals surface area contributed by atoms with Crippen molar-refractivity contribution in [3.63, 3.8) is 0 Å². The van der Waals surface area contributed by atoms with Crippen molar-refractivity contribution >= 4 is 11.8 Å². The quantitative estimate of drug-likeness (QED) is 0.716. The fourth-order valence-electron chi connectivity index (χ4n) is 3.36. The molecule has 1 N–H and O–H groups in total. The van der Waals surface area contributed by atoms with Crippen LogP contribution in [0.4, 0.5) is 0 Å². The van der Waals surface area contributed by atoms with Gasteiger partial charge in [0.2, 0.25) is 11.7 Å². The van der Waals surface area contributed by atoms with E-state index >= 15 is 0 Å². The summed E-state index contributed by atoms with van der Waals surface area (Å²) in [5.41, 5.74) is 0.433. The second kappa shape index (κ2) is 8.50. The largest absolute Gasteiger partial charge is 0.490 e. The number of nitrogens with one attached hydrogen (secondary N) is 1. The van der Waals surface area contributed by atoms with Crippen LogP contribution in [0.25, 0.3) is 0 Å². The standard InChI is InChI=1S/C20H28N2O5/c1-4-25-16-9-13(10-17(26-5-2)19(16)27-6-3)20(24)21-14-11-18(23)22(12-14)15-7-8-15/h9-10,14-15H,4-8,11-12H2,1-3H3,(H,21,24). The fourth-order valence-corrected chi connectivity index (χ4v) is 3.36. The molecule has 1 saturated heterocycles. The summed E-state index contributed by atoms with van der Waals surface area (Å²) < 4.78 is 17.0. The van der Waals surface area contributed by atoms with Gasteiger partial charge >= 0.3 is 0 Å². The van der Waals surface area contributed by atoms with E-state index in [1.165, 1.54) is 0 Å². The molecule has 148 valence electrons. The second-order valence-electron chi connectivity index (χ2n) is 6.75. The Hall–Kier alpha value is -2.44. The molecule has 3 rings (SSSR count). The average molecular weight is 376 g/mol. The SMILES string of the molecule is CCOc1cc(C(=O)NC2CC(=O)N(C3CC3)C2)cc(OCC)c1OCC. The molecule has 7 nitrogen and oxygen atoms in total. The van der Waals surface area contributed by atoms with Crippen molar-refractivity contribution in [1.29, 1.82) is 0 Å². The zero-order valence-electron chi connectivity index (χ0n) is 16.2. The molecule has 0 spiro atoms. The molecule has 2 fully saturated rings. The minimum Gasteiger partial charge on any atom is -0.490 e. The van der Waals surface area contributed by atoms with E-state index in [0.717, 1.165) is 12.8 Å². The first kappa shape index (κ1) is 19.3. The third-order valence-electron chi connectivity index (χ3n) is 4.65. The van der Waals surface area contributed by atoms with Gasteiger partial charge in [0.05, 0.1) is 25.9 Å². The molecule has 0 aromatic heterocycles. The maximum absolute atomic E-state index is 12.8. The van der Waals surface area contributed by atoms with E-state index < -0.39 is 0 Å². The number of hydrogen-bond acceptors (Lipinski definition) is 5. The zero-order valence-corrected chi connectivity index (χ0v) is 16.2. The number of rotatable bonds is 9. The molecule has 2 amide bonds. The van der Waals surface area contributed by atoms with Crippen molar-refractivity contribution in [2.45, 2.75) is 52.1 Å². The number of benzene rings is 1. The Kier molecular flexibility index (Phi) is 6.08. The lowest BCUT2D eigenvalue weighted by Gasteiger charge is -2.18. The van der Waals surface area contributed by atoms with Crippen LogP contribution in [-0.4, -0.2) is 55.2 Å². The first-order chi connectivity index (χ1) is 13.1. The lowest BCUT2D eigenvalue weighted by Crippen LogP contribution is -2.37. The molecule has 1 saturated carbocycles. The van der Waals surface area contributed by atoms with Crippen molar-refractivity contribution in [2.75, 3.05) is 26.4 Å². The summed E-state index contributed by atoms with van der Waals surface area (Å²) in [4.78, 5) is 26.8. The van der Waals surface area contributed by atoms with Crippen LogP contribution in [0.15, 0.2) is 12.1 Å². The highest BCUT2D eigenvalue weighted by molar-refractivity contribution is 5.96. The van der Waals surface area contributed by atoms with Crippen molar-refractivity contribution < 1.29 is 23.8 Å². The maximum atomic E-state index is 12.8. The molecule has 1 aromatic rings. The van der Waals surface area contributed by atoms with Crippen LogP contribution >= 0.6 is 0 Å². The Balaban J connectivity index is 1.77. The Morgan fingerprint density at radius 1 is 1.07 bits per heavy atom. The maximum Gasteiger partial charge on any atom is 0.251 e. The highest BCUT2D eigenvalue weighted by Gasteiger charge is 2.39. The number of likely N-dealkylation sites (tertiary alicyclic amines) is 1. The van der Waals surface area contributed by atoms with Crippen LogP contribution in [0.3, 0.4) is 0 Å². The van der Waals surface area contributed by atoms with Gasteiger partial charge in [0.1, 0.15) is 0 Å². The predicted octanol–water partition coefficient (Wildman–Crippen LogP) is 2.38. The van der Waals surface area contributed by atoms with Crippen LogP contribution in [0.1, 0.15) is 50.4 Å². The summed E-state index contributed by atoms with van der Waals surface area (Å²) in [5.74, 6) is 1.36. The molecule has 1 aliphatic heterocycles. The van der Waals surface area contributed by atoms with Gasteiger partial charge in [-0.1, -0.05) is 0 Å². The van der Waals surface area contributed by atoms with Crippen molar-refractivity contribution in [2.24, 2.45) is 0 Å². The highest BCUT2D eigenvalue weighted by Crippen LogP contribution is 2.39. The van der Waals surface area contributed by atoms with Crippen molar-refractivity contribution in [1.82, 2.24) is 10.2 Å². The summed E-state index contributed by atoms with van der Waals surface area (Å²) in [6.45, 7) is 7.58. The van der Waals surface area contributed by atoms with E-state index in [1.807, 2.05) is 25.7 Å². The topological polar surface area (TPSA) is 77.1 Å². The number of hydrogen-bond donors (Lipinski definition) is 1. The summed E-state index contributed by atoms with van der Waals surface area (Å²) in [6.07, 6.45) is 2.50. The smallest absolute Gasteiger partial charge is 0.251 e. The number of ether oxygens (including phenoxy) is 3. The number of nitrogens with zero attached hydrogens (tertiary/aromatic N) is 1. The van der Waals surface area contributed by atoms with Crippen molar-refractivity contribution in [3.05, 3.63) is 17.7 Å². The van der Waals surface area contributed by atoms with E-state index in [4.69, 9.17) is 14.2 Å². The Bertz CT molecular complexity index is 675. The molecule has 1 atom stereocenters. The van der Waals surface area contributed by atoms with Gasteiger partial charge in [0, 0.05) is 24.6 Å². The van der Waals surface area contributed by atoms with Crippen molar-refractivity contribution in [3.8, 4) is 17.2 Å². The monoisotopic (exact) mass is 376 g/mol. The number of carbonyl (C=O) groups excluding carboxylic acids is 2. The van der Waals surface area contributed by atoms with Gasteiger partial charge in [0.15, 0.2) is 11.5 Å². The number of carbonyl (C=O) groups is 2. The zero-order chi connectivity index (χ0) is 19.4. The van der Waals surface area contributed by atoms with Crippen LogP contribution in [0, 0.1) is 0 Å². The molecular formula is C20H28N2O5. The Labute approximate surface area is 160 Å². The molecule has 27 heavy (non-hydrogen) atoms. The third kappa shape index (κ3) is 4.46. The van der Waals surface area contributed by atoms with Gasteiger partial charge in [-0.3, -0.25) is 9.59 Å². The van der Waals surface area contributed by atoms with E-state index in [2.05, 4.69) is 5.32 Å². The second-order valence-corrected chi connectivity index (χ2v) is 6.75. The van der Waals surface area contributed by atoms with Gasteiger partial charge < -0.3 is 24.4 Å². The molecule has 0 bridgehead atoms. The minimum absolute atomic E-state index is 0.125. The predicted molar refractivity (Wildman–Crippen MR) is 101 cm³/mol.